The molecule has 0 atom stereocenters. The van der Waals surface area contributed by atoms with Crippen LogP contribution in [0.5, 0.6) is 0 Å². The maximum Gasteiger partial charge on any atom is 0.194 e. The smallest absolute Gasteiger partial charge is 0.194 e. The van der Waals surface area contributed by atoms with Gasteiger partial charge < -0.3 is 10.2 Å². The van der Waals surface area contributed by atoms with Gasteiger partial charge in [0.25, 0.3) is 0 Å². The standard InChI is InChI=1S/C18H20N4.HI/c1-22(2)18(20-13-16-6-4-3-5-7-16)21-14-17-10-8-15(12-19)9-11-17;/h3-11H,13-14H2,1-2H3,(H,20,21);1H. The second kappa shape index (κ2) is 9.85. The number of aliphatic imine (C=N–C) groups is 1. The van der Waals surface area contributed by atoms with E-state index in [0.29, 0.717) is 18.7 Å². The van der Waals surface area contributed by atoms with Gasteiger partial charge in [0.1, 0.15) is 0 Å². The summed E-state index contributed by atoms with van der Waals surface area (Å²) in [7, 11) is 3.94. The topological polar surface area (TPSA) is 51.4 Å². The van der Waals surface area contributed by atoms with Gasteiger partial charge in [0.2, 0.25) is 0 Å². The largest absolute Gasteiger partial charge is 0.352 e. The van der Waals surface area contributed by atoms with Crippen molar-refractivity contribution in [1.29, 1.82) is 5.26 Å². The predicted octanol–water partition coefficient (Wildman–Crippen LogP) is 3.38. The fraction of sp³-hybridized carbons (Fsp3) is 0.222. The highest BCUT2D eigenvalue weighted by molar-refractivity contribution is 14.0. The van der Waals surface area contributed by atoms with Crippen molar-refractivity contribution in [2.24, 2.45) is 4.99 Å². The van der Waals surface area contributed by atoms with Crippen LogP contribution in [-0.2, 0) is 13.1 Å². The number of nitrogens with zero attached hydrogens (tertiary/aromatic N) is 3. The normalized spacial score (nSPS) is 10.4. The summed E-state index contributed by atoms with van der Waals surface area (Å²) < 4.78 is 0. The molecule has 5 heteroatoms. The van der Waals surface area contributed by atoms with Crippen molar-refractivity contribution in [2.45, 2.75) is 13.1 Å². The maximum absolute atomic E-state index is 8.81. The third kappa shape index (κ3) is 6.28. The molecule has 2 aromatic rings. The van der Waals surface area contributed by atoms with E-state index in [0.717, 1.165) is 11.5 Å². The summed E-state index contributed by atoms with van der Waals surface area (Å²) >= 11 is 0. The van der Waals surface area contributed by atoms with Crippen molar-refractivity contribution in [3.63, 3.8) is 0 Å². The van der Waals surface area contributed by atoms with Crippen LogP contribution in [0.2, 0.25) is 0 Å². The van der Waals surface area contributed by atoms with Crippen LogP contribution in [0.25, 0.3) is 0 Å². The molecule has 0 aliphatic carbocycles. The second-order valence-corrected chi connectivity index (χ2v) is 5.18. The Morgan fingerprint density at radius 3 is 2.26 bits per heavy atom. The second-order valence-electron chi connectivity index (χ2n) is 5.18. The van der Waals surface area contributed by atoms with E-state index in [9.17, 15) is 0 Å². The fourth-order valence-corrected chi connectivity index (χ4v) is 1.98. The van der Waals surface area contributed by atoms with Gasteiger partial charge in [0.15, 0.2) is 5.96 Å². The summed E-state index contributed by atoms with van der Waals surface area (Å²) in [4.78, 5) is 6.59. The lowest BCUT2D eigenvalue weighted by atomic mass is 10.1. The number of hydrogen-bond donors (Lipinski definition) is 1. The van der Waals surface area contributed by atoms with Crippen LogP contribution in [0, 0.1) is 11.3 Å². The van der Waals surface area contributed by atoms with Gasteiger partial charge >= 0.3 is 0 Å². The van der Waals surface area contributed by atoms with Crippen molar-refractivity contribution in [2.75, 3.05) is 14.1 Å². The highest BCUT2D eigenvalue weighted by atomic mass is 127. The van der Waals surface area contributed by atoms with E-state index in [-0.39, 0.29) is 24.0 Å². The minimum Gasteiger partial charge on any atom is -0.352 e. The Hall–Kier alpha value is -2.07. The van der Waals surface area contributed by atoms with E-state index in [2.05, 4.69) is 28.5 Å². The van der Waals surface area contributed by atoms with E-state index in [1.165, 1.54) is 5.56 Å². The first-order valence-electron chi connectivity index (χ1n) is 7.17. The van der Waals surface area contributed by atoms with Gasteiger partial charge in [-0.15, -0.1) is 24.0 Å². The summed E-state index contributed by atoms with van der Waals surface area (Å²) in [5.74, 6) is 0.841. The van der Waals surface area contributed by atoms with Crippen LogP contribution in [0.4, 0.5) is 0 Å². The Morgan fingerprint density at radius 2 is 1.70 bits per heavy atom. The van der Waals surface area contributed by atoms with E-state index < -0.39 is 0 Å². The molecule has 1 N–H and O–H groups in total. The third-order valence-corrected chi connectivity index (χ3v) is 3.21. The average molecular weight is 420 g/mol. The lowest BCUT2D eigenvalue weighted by molar-refractivity contribution is 0.578. The van der Waals surface area contributed by atoms with Crippen molar-refractivity contribution in [1.82, 2.24) is 10.2 Å². The fourth-order valence-electron chi connectivity index (χ4n) is 1.98. The van der Waals surface area contributed by atoms with E-state index in [1.54, 1.807) is 0 Å². The zero-order valence-electron chi connectivity index (χ0n) is 13.4. The molecule has 0 aliphatic rings. The number of rotatable bonds is 4. The average Bonchev–Trinajstić information content (AvgIpc) is 2.56. The molecule has 0 bridgehead atoms. The molecule has 2 aromatic carbocycles. The number of guanidine groups is 1. The molecule has 0 saturated heterocycles. The van der Waals surface area contributed by atoms with E-state index >= 15 is 0 Å². The first-order chi connectivity index (χ1) is 10.7. The van der Waals surface area contributed by atoms with Gasteiger partial charge in [-0.25, -0.2) is 4.99 Å². The van der Waals surface area contributed by atoms with Crippen molar-refractivity contribution < 1.29 is 0 Å². The lowest BCUT2D eigenvalue weighted by Gasteiger charge is -2.17. The Balaban J connectivity index is 0.00000264. The van der Waals surface area contributed by atoms with Crippen LogP contribution in [0.15, 0.2) is 59.6 Å². The molecule has 2 rings (SSSR count). The van der Waals surface area contributed by atoms with Crippen LogP contribution in [0.1, 0.15) is 16.7 Å². The van der Waals surface area contributed by atoms with Gasteiger partial charge in [0.05, 0.1) is 18.2 Å². The molecule has 0 aromatic heterocycles. The van der Waals surface area contributed by atoms with Crippen LogP contribution in [-0.4, -0.2) is 25.0 Å². The molecular formula is C18H21IN4. The first kappa shape index (κ1) is 19.0. The van der Waals surface area contributed by atoms with Gasteiger partial charge in [-0.2, -0.15) is 5.26 Å². The summed E-state index contributed by atoms with van der Waals surface area (Å²) in [5, 5.41) is 12.1. The SMILES string of the molecule is CN(C)C(=NCc1ccccc1)NCc1ccc(C#N)cc1.I. The number of halogens is 1. The molecule has 120 valence electrons. The Bertz CT molecular complexity index is 658. The molecule has 0 heterocycles. The molecule has 0 fully saturated rings. The summed E-state index contributed by atoms with van der Waals surface area (Å²) in [6, 6.07) is 19.9. The van der Waals surface area contributed by atoms with Crippen molar-refractivity contribution in [3.05, 3.63) is 71.3 Å². The maximum atomic E-state index is 8.81. The van der Waals surface area contributed by atoms with Gasteiger partial charge in [-0.1, -0.05) is 42.5 Å². The molecule has 0 radical (unpaired) electrons. The number of hydrogen-bond acceptors (Lipinski definition) is 2. The number of benzene rings is 2. The van der Waals surface area contributed by atoms with Gasteiger partial charge in [-0.3, -0.25) is 0 Å². The summed E-state index contributed by atoms with van der Waals surface area (Å²) in [6.45, 7) is 1.33. The minimum absolute atomic E-state index is 0. The Labute approximate surface area is 154 Å². The van der Waals surface area contributed by atoms with Gasteiger partial charge in [0, 0.05) is 20.6 Å². The molecule has 23 heavy (non-hydrogen) atoms. The van der Waals surface area contributed by atoms with Gasteiger partial charge in [-0.05, 0) is 23.3 Å². The van der Waals surface area contributed by atoms with Crippen LogP contribution < -0.4 is 5.32 Å². The van der Waals surface area contributed by atoms with Crippen molar-refractivity contribution in [3.8, 4) is 6.07 Å². The van der Waals surface area contributed by atoms with E-state index in [4.69, 9.17) is 5.26 Å². The minimum atomic E-state index is 0. The third-order valence-electron chi connectivity index (χ3n) is 3.21. The van der Waals surface area contributed by atoms with E-state index in [1.807, 2.05) is 61.5 Å². The quantitative estimate of drug-likeness (QED) is 0.469. The summed E-state index contributed by atoms with van der Waals surface area (Å²) in [5.41, 5.74) is 2.98. The van der Waals surface area contributed by atoms with Crippen molar-refractivity contribution >= 4 is 29.9 Å². The molecule has 0 spiro atoms. The number of nitriles is 1. The molecule has 4 nitrogen and oxygen atoms in total. The molecular weight excluding hydrogens is 399 g/mol. The zero-order valence-corrected chi connectivity index (χ0v) is 15.7. The Kier molecular flexibility index (Phi) is 8.13. The zero-order chi connectivity index (χ0) is 15.8. The lowest BCUT2D eigenvalue weighted by Crippen LogP contribution is -2.36. The Morgan fingerprint density at radius 1 is 1.04 bits per heavy atom. The molecule has 0 aliphatic heterocycles. The highest BCUT2D eigenvalue weighted by Crippen LogP contribution is 2.04. The van der Waals surface area contributed by atoms with Crippen LogP contribution in [0.3, 0.4) is 0 Å². The number of nitrogens with one attached hydrogen (secondary N) is 1. The molecule has 0 saturated carbocycles. The first-order valence-corrected chi connectivity index (χ1v) is 7.17. The predicted molar refractivity (Wildman–Crippen MR) is 105 cm³/mol. The summed E-state index contributed by atoms with van der Waals surface area (Å²) in [6.07, 6.45) is 0. The molecule has 0 unspecified atom stereocenters. The monoisotopic (exact) mass is 420 g/mol. The van der Waals surface area contributed by atoms with Crippen LogP contribution >= 0.6 is 24.0 Å². The molecule has 0 amide bonds. The highest BCUT2D eigenvalue weighted by Gasteiger charge is 2.02.